The van der Waals surface area contributed by atoms with E-state index in [-0.39, 0.29) is 11.5 Å². The number of benzene rings is 2. The summed E-state index contributed by atoms with van der Waals surface area (Å²) in [4.78, 5) is 12.6. The van der Waals surface area contributed by atoms with E-state index in [4.69, 9.17) is 22.1 Å². The van der Waals surface area contributed by atoms with Crippen LogP contribution in [0.4, 0.5) is 0 Å². The SMILES string of the molecule is CCOC(=O)[C@@]1(N)[C@@H](c2ccc(CC)cc2)[C@@H]1S(=O)(=O)c1ccc(Cl)cc1. The molecule has 0 amide bonds. The van der Waals surface area contributed by atoms with Gasteiger partial charge in [0.2, 0.25) is 0 Å². The van der Waals surface area contributed by atoms with Crippen molar-refractivity contribution in [2.45, 2.75) is 41.9 Å². The van der Waals surface area contributed by atoms with E-state index < -0.39 is 32.5 Å². The number of halogens is 1. The number of esters is 1. The Morgan fingerprint density at radius 1 is 1.11 bits per heavy atom. The first-order chi connectivity index (χ1) is 12.8. The normalized spacial score (nSPS) is 24.4. The number of ether oxygens (including phenoxy) is 1. The van der Waals surface area contributed by atoms with Gasteiger partial charge in [-0.2, -0.15) is 0 Å². The number of carbonyl (C=O) groups excluding carboxylic acids is 1. The number of carbonyl (C=O) groups is 1. The summed E-state index contributed by atoms with van der Waals surface area (Å²) < 4.78 is 31.5. The van der Waals surface area contributed by atoms with E-state index in [1.54, 1.807) is 6.92 Å². The molecule has 3 rings (SSSR count). The van der Waals surface area contributed by atoms with Crippen molar-refractivity contribution in [3.8, 4) is 0 Å². The maximum atomic E-state index is 13.2. The highest BCUT2D eigenvalue weighted by Gasteiger charge is 2.74. The molecule has 0 saturated heterocycles. The third-order valence-corrected chi connectivity index (χ3v) is 7.54. The summed E-state index contributed by atoms with van der Waals surface area (Å²) >= 11 is 5.86. The van der Waals surface area contributed by atoms with Crippen LogP contribution in [0.2, 0.25) is 5.02 Å². The van der Waals surface area contributed by atoms with Crippen LogP contribution in [0.3, 0.4) is 0 Å². The van der Waals surface area contributed by atoms with Gasteiger partial charge in [0.15, 0.2) is 9.84 Å². The zero-order valence-electron chi connectivity index (χ0n) is 15.2. The van der Waals surface area contributed by atoms with Crippen molar-refractivity contribution in [1.82, 2.24) is 0 Å². The number of rotatable bonds is 6. The van der Waals surface area contributed by atoms with Gasteiger partial charge < -0.3 is 10.5 Å². The number of hydrogen-bond acceptors (Lipinski definition) is 5. The molecule has 7 heteroatoms. The van der Waals surface area contributed by atoms with Crippen LogP contribution in [0.15, 0.2) is 53.4 Å². The average Bonchev–Trinajstić information content (AvgIpc) is 3.31. The Bertz CT molecular complexity index is 941. The Morgan fingerprint density at radius 3 is 2.22 bits per heavy atom. The summed E-state index contributed by atoms with van der Waals surface area (Å²) in [6.45, 7) is 3.83. The summed E-state index contributed by atoms with van der Waals surface area (Å²) in [5, 5.41) is -0.654. The monoisotopic (exact) mass is 407 g/mol. The first-order valence-electron chi connectivity index (χ1n) is 8.81. The minimum absolute atomic E-state index is 0.0868. The minimum Gasteiger partial charge on any atom is -0.465 e. The molecule has 2 N–H and O–H groups in total. The van der Waals surface area contributed by atoms with Crippen molar-refractivity contribution in [3.63, 3.8) is 0 Å². The topological polar surface area (TPSA) is 86.5 Å². The van der Waals surface area contributed by atoms with Crippen molar-refractivity contribution in [1.29, 1.82) is 0 Å². The van der Waals surface area contributed by atoms with E-state index in [0.717, 1.165) is 12.0 Å². The highest BCUT2D eigenvalue weighted by Crippen LogP contribution is 2.56. The third-order valence-electron chi connectivity index (χ3n) is 5.03. The van der Waals surface area contributed by atoms with Gasteiger partial charge in [0.1, 0.15) is 10.8 Å². The number of nitrogens with two attached hydrogens (primary N) is 1. The van der Waals surface area contributed by atoms with E-state index in [1.165, 1.54) is 24.3 Å². The maximum absolute atomic E-state index is 13.2. The molecule has 144 valence electrons. The molecular formula is C20H22ClNO4S. The van der Waals surface area contributed by atoms with Crippen molar-refractivity contribution < 1.29 is 17.9 Å². The van der Waals surface area contributed by atoms with Crippen LogP contribution in [0, 0.1) is 0 Å². The van der Waals surface area contributed by atoms with E-state index in [0.29, 0.717) is 10.6 Å². The van der Waals surface area contributed by atoms with Crippen LogP contribution in [-0.4, -0.2) is 31.8 Å². The molecule has 0 bridgehead atoms. The van der Waals surface area contributed by atoms with E-state index >= 15 is 0 Å². The van der Waals surface area contributed by atoms with Crippen molar-refractivity contribution in [2.24, 2.45) is 5.73 Å². The summed E-state index contributed by atoms with van der Waals surface area (Å²) in [6, 6.07) is 13.4. The lowest BCUT2D eigenvalue weighted by atomic mass is 10.0. The van der Waals surface area contributed by atoms with E-state index in [9.17, 15) is 13.2 Å². The second-order valence-electron chi connectivity index (χ2n) is 6.65. The van der Waals surface area contributed by atoms with E-state index in [1.807, 2.05) is 31.2 Å². The lowest BCUT2D eigenvalue weighted by molar-refractivity contribution is -0.145. The minimum atomic E-state index is -3.85. The first-order valence-corrected chi connectivity index (χ1v) is 10.7. The third kappa shape index (κ3) is 3.37. The van der Waals surface area contributed by atoms with Crippen LogP contribution >= 0.6 is 11.6 Å². The summed E-state index contributed by atoms with van der Waals surface area (Å²) in [5.74, 6) is -1.36. The fourth-order valence-corrected chi connectivity index (χ4v) is 5.84. The maximum Gasteiger partial charge on any atom is 0.328 e. The molecule has 5 nitrogen and oxygen atoms in total. The molecule has 3 atom stereocenters. The number of aryl methyl sites for hydroxylation is 1. The van der Waals surface area contributed by atoms with E-state index in [2.05, 4.69) is 0 Å². The molecule has 0 aliphatic heterocycles. The summed E-state index contributed by atoms with van der Waals surface area (Å²) in [7, 11) is -3.85. The second-order valence-corrected chi connectivity index (χ2v) is 9.15. The van der Waals surface area contributed by atoms with Crippen LogP contribution < -0.4 is 5.73 Å². The number of hydrogen-bond donors (Lipinski definition) is 1. The molecule has 0 aromatic heterocycles. The molecule has 0 radical (unpaired) electrons. The van der Waals surface area contributed by atoms with Crippen molar-refractivity contribution >= 4 is 27.4 Å². The molecule has 1 aliphatic carbocycles. The molecule has 1 saturated carbocycles. The highest BCUT2D eigenvalue weighted by molar-refractivity contribution is 7.92. The first kappa shape index (κ1) is 19.9. The largest absolute Gasteiger partial charge is 0.465 e. The molecule has 27 heavy (non-hydrogen) atoms. The van der Waals surface area contributed by atoms with Crippen LogP contribution in [0.1, 0.15) is 30.9 Å². The Kier molecular flexibility index (Phi) is 5.34. The fraction of sp³-hybridized carbons (Fsp3) is 0.350. The highest BCUT2D eigenvalue weighted by atomic mass is 35.5. The Morgan fingerprint density at radius 2 is 1.70 bits per heavy atom. The molecule has 0 spiro atoms. The average molecular weight is 408 g/mol. The Labute approximate surface area is 164 Å². The fourth-order valence-electron chi connectivity index (χ4n) is 3.49. The van der Waals surface area contributed by atoms with Crippen molar-refractivity contribution in [2.75, 3.05) is 6.61 Å². The lowest BCUT2D eigenvalue weighted by Crippen LogP contribution is -2.41. The molecule has 0 unspecified atom stereocenters. The molecule has 1 fully saturated rings. The Balaban J connectivity index is 2.04. The second kappa shape index (κ2) is 7.26. The lowest BCUT2D eigenvalue weighted by Gasteiger charge is -2.11. The molecule has 0 heterocycles. The standard InChI is InChI=1S/C20H22ClNO4S/c1-3-13-5-7-14(8-6-13)17-18(20(17,22)19(23)26-4-2)27(24,25)16-11-9-15(21)10-12-16/h5-12,17-18H,3-4,22H2,1-2H3/t17-,18-,20+/m0/s1. The van der Waals surface area contributed by atoms with Gasteiger partial charge in [-0.3, -0.25) is 0 Å². The van der Waals surface area contributed by atoms with Crippen LogP contribution in [0.25, 0.3) is 0 Å². The van der Waals surface area contributed by atoms with Gasteiger partial charge in [-0.25, -0.2) is 13.2 Å². The summed E-state index contributed by atoms with van der Waals surface area (Å²) in [5.41, 5.74) is 6.57. The smallest absolute Gasteiger partial charge is 0.328 e. The zero-order valence-corrected chi connectivity index (χ0v) is 16.8. The Hall–Kier alpha value is -1.89. The van der Waals surface area contributed by atoms with Gasteiger partial charge in [-0.15, -0.1) is 0 Å². The van der Waals surface area contributed by atoms with Crippen LogP contribution in [0.5, 0.6) is 0 Å². The summed E-state index contributed by atoms with van der Waals surface area (Å²) in [6.07, 6.45) is 0.864. The predicted molar refractivity (Wildman–Crippen MR) is 105 cm³/mol. The molecular weight excluding hydrogens is 386 g/mol. The van der Waals surface area contributed by atoms with Crippen LogP contribution in [-0.2, 0) is 25.8 Å². The van der Waals surface area contributed by atoms with Crippen molar-refractivity contribution in [3.05, 3.63) is 64.7 Å². The molecule has 1 aliphatic rings. The van der Waals surface area contributed by atoms with Gasteiger partial charge >= 0.3 is 5.97 Å². The molecule has 2 aromatic rings. The zero-order chi connectivity index (χ0) is 19.8. The molecule has 2 aromatic carbocycles. The van der Waals surface area contributed by atoms with Gasteiger partial charge in [0.05, 0.1) is 11.5 Å². The van der Waals surface area contributed by atoms with Gasteiger partial charge in [-0.05, 0) is 48.7 Å². The van der Waals surface area contributed by atoms with Gasteiger partial charge in [-0.1, -0.05) is 42.8 Å². The number of sulfone groups is 1. The predicted octanol–water partition coefficient (Wildman–Crippen LogP) is 3.10. The van der Waals surface area contributed by atoms with Gasteiger partial charge in [0, 0.05) is 10.9 Å². The van der Waals surface area contributed by atoms with Gasteiger partial charge in [0.25, 0.3) is 0 Å². The quantitative estimate of drug-likeness (QED) is 0.743.